The molecule has 0 radical (unpaired) electrons. The number of benzene rings is 2. The smallest absolute Gasteiger partial charge is 0.403 e. The van der Waals surface area contributed by atoms with Gasteiger partial charge in [0, 0.05) is 12.8 Å². The average Bonchev–Trinajstić information content (AvgIpc) is 3.19. The number of hydrogen-bond acceptors (Lipinski definition) is 5. The molecule has 27 heavy (non-hydrogen) atoms. The molecule has 0 bridgehead atoms. The molecule has 0 unspecified atom stereocenters. The van der Waals surface area contributed by atoms with Gasteiger partial charge in [0.25, 0.3) is 0 Å². The summed E-state index contributed by atoms with van der Waals surface area (Å²) >= 11 is 0. The fourth-order valence-electron chi connectivity index (χ4n) is 2.87. The molecule has 4 aromatic rings. The zero-order valence-electron chi connectivity index (χ0n) is 15.3. The van der Waals surface area contributed by atoms with Gasteiger partial charge in [0.05, 0.1) is 11.4 Å². The van der Waals surface area contributed by atoms with Gasteiger partial charge in [0.15, 0.2) is 0 Å². The SMILES string of the molecule is Cc1oc(Oc2nc(Cc3ccccc3)c(C)o2)nc1Cc1ccccc1. The summed E-state index contributed by atoms with van der Waals surface area (Å²) in [6.07, 6.45) is 1.66. The van der Waals surface area contributed by atoms with Gasteiger partial charge in [0.1, 0.15) is 11.5 Å². The van der Waals surface area contributed by atoms with E-state index in [9.17, 15) is 0 Å². The highest BCUT2D eigenvalue weighted by Crippen LogP contribution is 2.26. The highest BCUT2D eigenvalue weighted by Gasteiger charge is 2.17. The lowest BCUT2D eigenvalue weighted by Crippen LogP contribution is -1.92. The monoisotopic (exact) mass is 360 g/mol. The molecule has 0 aliphatic rings. The van der Waals surface area contributed by atoms with Crippen molar-refractivity contribution in [2.75, 3.05) is 0 Å². The summed E-state index contributed by atoms with van der Waals surface area (Å²) in [5.41, 5.74) is 4.00. The summed E-state index contributed by atoms with van der Waals surface area (Å²) in [6, 6.07) is 20.2. The van der Waals surface area contributed by atoms with E-state index in [0.29, 0.717) is 12.8 Å². The molecule has 136 valence electrons. The number of oxazole rings is 2. The second-order valence-electron chi connectivity index (χ2n) is 6.39. The van der Waals surface area contributed by atoms with Crippen molar-refractivity contribution in [3.05, 3.63) is 94.7 Å². The van der Waals surface area contributed by atoms with Crippen LogP contribution in [-0.2, 0) is 12.8 Å². The van der Waals surface area contributed by atoms with E-state index in [1.165, 1.54) is 0 Å². The molecule has 0 saturated carbocycles. The van der Waals surface area contributed by atoms with Crippen LogP contribution in [-0.4, -0.2) is 9.97 Å². The second-order valence-corrected chi connectivity index (χ2v) is 6.39. The third-order valence-electron chi connectivity index (χ3n) is 4.35. The van der Waals surface area contributed by atoms with Crippen LogP contribution in [0.1, 0.15) is 34.0 Å². The van der Waals surface area contributed by atoms with Gasteiger partial charge in [-0.2, -0.15) is 9.97 Å². The highest BCUT2D eigenvalue weighted by atomic mass is 16.7. The maximum absolute atomic E-state index is 5.62. The molecule has 2 heterocycles. The van der Waals surface area contributed by atoms with Crippen LogP contribution in [0.25, 0.3) is 0 Å². The largest absolute Gasteiger partial charge is 0.414 e. The van der Waals surface area contributed by atoms with E-state index in [1.807, 2.05) is 50.2 Å². The molecule has 4 rings (SSSR count). The molecule has 0 N–H and O–H groups in total. The molecule has 5 heteroatoms. The van der Waals surface area contributed by atoms with Gasteiger partial charge >= 0.3 is 12.2 Å². The van der Waals surface area contributed by atoms with Gasteiger partial charge in [0.2, 0.25) is 0 Å². The van der Waals surface area contributed by atoms with E-state index >= 15 is 0 Å². The fraction of sp³-hybridized carbons (Fsp3) is 0.182. The summed E-state index contributed by atoms with van der Waals surface area (Å²) in [5, 5.41) is 0. The van der Waals surface area contributed by atoms with Gasteiger partial charge in [-0.3, -0.25) is 0 Å². The molecular weight excluding hydrogens is 340 g/mol. The lowest BCUT2D eigenvalue weighted by molar-refractivity contribution is 0.250. The Morgan fingerprint density at radius 2 is 1.07 bits per heavy atom. The first-order valence-electron chi connectivity index (χ1n) is 8.85. The van der Waals surface area contributed by atoms with Crippen LogP contribution in [0, 0.1) is 13.8 Å². The molecule has 0 aliphatic heterocycles. The minimum absolute atomic E-state index is 0.144. The topological polar surface area (TPSA) is 61.3 Å². The third-order valence-corrected chi connectivity index (χ3v) is 4.35. The molecule has 0 spiro atoms. The van der Waals surface area contributed by atoms with Gasteiger partial charge in [-0.05, 0) is 25.0 Å². The summed E-state index contributed by atoms with van der Waals surface area (Å²) < 4.78 is 16.9. The van der Waals surface area contributed by atoms with Crippen molar-refractivity contribution in [3.8, 4) is 12.2 Å². The maximum Gasteiger partial charge on any atom is 0.403 e. The van der Waals surface area contributed by atoms with Crippen molar-refractivity contribution in [3.63, 3.8) is 0 Å². The first-order chi connectivity index (χ1) is 13.2. The van der Waals surface area contributed by atoms with Gasteiger partial charge < -0.3 is 13.6 Å². The number of rotatable bonds is 6. The second kappa shape index (κ2) is 7.50. The molecule has 0 aliphatic carbocycles. The van der Waals surface area contributed by atoms with Crippen LogP contribution in [0.2, 0.25) is 0 Å². The predicted molar refractivity (Wildman–Crippen MR) is 101 cm³/mol. The van der Waals surface area contributed by atoms with Crippen molar-refractivity contribution < 1.29 is 13.6 Å². The van der Waals surface area contributed by atoms with Crippen LogP contribution in [0.3, 0.4) is 0 Å². The summed E-state index contributed by atoms with van der Waals surface area (Å²) in [7, 11) is 0. The number of aromatic nitrogens is 2. The zero-order chi connectivity index (χ0) is 18.6. The number of ether oxygens (including phenoxy) is 1. The first-order valence-corrected chi connectivity index (χ1v) is 8.85. The molecule has 5 nitrogen and oxygen atoms in total. The number of nitrogens with zero attached hydrogens (tertiary/aromatic N) is 2. The Morgan fingerprint density at radius 1 is 0.667 bits per heavy atom. The lowest BCUT2D eigenvalue weighted by Gasteiger charge is -1.97. The third kappa shape index (κ3) is 4.08. The van der Waals surface area contributed by atoms with Crippen molar-refractivity contribution in [1.82, 2.24) is 9.97 Å². The van der Waals surface area contributed by atoms with Crippen LogP contribution in [0.15, 0.2) is 69.5 Å². The zero-order valence-corrected chi connectivity index (χ0v) is 15.3. The van der Waals surface area contributed by atoms with Gasteiger partial charge in [-0.1, -0.05) is 60.7 Å². The maximum atomic E-state index is 5.62. The molecule has 0 fully saturated rings. The van der Waals surface area contributed by atoms with Crippen molar-refractivity contribution in [1.29, 1.82) is 0 Å². The van der Waals surface area contributed by atoms with Crippen molar-refractivity contribution in [2.24, 2.45) is 0 Å². The molecule has 2 aromatic heterocycles. The van der Waals surface area contributed by atoms with E-state index in [1.54, 1.807) is 0 Å². The lowest BCUT2D eigenvalue weighted by atomic mass is 10.1. The van der Waals surface area contributed by atoms with Crippen molar-refractivity contribution >= 4 is 0 Å². The minimum Gasteiger partial charge on any atom is -0.414 e. The number of aryl methyl sites for hydroxylation is 2. The van der Waals surface area contributed by atoms with E-state index < -0.39 is 0 Å². The molecule has 2 aromatic carbocycles. The molecule has 0 amide bonds. The van der Waals surface area contributed by atoms with Gasteiger partial charge in [-0.25, -0.2) is 0 Å². The Morgan fingerprint density at radius 3 is 1.48 bits per heavy atom. The highest BCUT2D eigenvalue weighted by molar-refractivity contribution is 5.26. The van der Waals surface area contributed by atoms with Crippen molar-refractivity contribution in [2.45, 2.75) is 26.7 Å². The normalized spacial score (nSPS) is 10.9. The summed E-state index contributed by atoms with van der Waals surface area (Å²) in [4.78, 5) is 8.87. The van der Waals surface area contributed by atoms with Crippen LogP contribution >= 0.6 is 0 Å². The van der Waals surface area contributed by atoms with Crippen LogP contribution in [0.5, 0.6) is 12.2 Å². The first kappa shape index (κ1) is 17.1. The average molecular weight is 360 g/mol. The van der Waals surface area contributed by atoms with Crippen LogP contribution < -0.4 is 4.74 Å². The van der Waals surface area contributed by atoms with E-state index in [-0.39, 0.29) is 12.2 Å². The standard InChI is InChI=1S/C22H20N2O3/c1-15-19(13-17-9-5-3-6-10-17)23-21(25-15)27-22-24-20(16(2)26-22)14-18-11-7-4-8-12-18/h3-12H,13-14H2,1-2H3. The summed E-state index contributed by atoms with van der Waals surface area (Å²) in [5.74, 6) is 1.45. The molecular formula is C22H20N2O3. The number of hydrogen-bond donors (Lipinski definition) is 0. The Kier molecular flexibility index (Phi) is 4.75. The Bertz CT molecular complexity index is 937. The molecule has 0 saturated heterocycles. The Hall–Kier alpha value is -3.34. The predicted octanol–water partition coefficient (Wildman–Crippen LogP) is 5.25. The Balaban J connectivity index is 1.48. The van der Waals surface area contributed by atoms with Crippen LogP contribution in [0.4, 0.5) is 0 Å². The van der Waals surface area contributed by atoms with E-state index in [4.69, 9.17) is 13.6 Å². The van der Waals surface area contributed by atoms with E-state index in [2.05, 4.69) is 34.2 Å². The quantitative estimate of drug-likeness (QED) is 0.470. The minimum atomic E-state index is 0.144. The van der Waals surface area contributed by atoms with E-state index in [0.717, 1.165) is 34.0 Å². The summed E-state index contributed by atoms with van der Waals surface area (Å²) in [6.45, 7) is 3.75. The Labute approximate surface area is 157 Å². The van der Waals surface area contributed by atoms with Gasteiger partial charge in [-0.15, -0.1) is 0 Å². The molecule has 0 atom stereocenters. The fourth-order valence-corrected chi connectivity index (χ4v) is 2.87.